The second-order valence-corrected chi connectivity index (χ2v) is 4.87. The standard InChI is InChI=1S/C14H11BrN2/c1-10-4-2-5-11(8-10)14-16-9-12-6-3-7-13(15)17(12)14/h2-9H,1H3. The van der Waals surface area contributed by atoms with Crippen molar-refractivity contribution in [1.82, 2.24) is 9.38 Å². The molecule has 0 saturated carbocycles. The third-order valence-corrected chi connectivity index (χ3v) is 3.40. The lowest BCUT2D eigenvalue weighted by Gasteiger charge is -2.04. The minimum absolute atomic E-state index is 0.969. The Morgan fingerprint density at radius 2 is 1.94 bits per heavy atom. The summed E-state index contributed by atoms with van der Waals surface area (Å²) >= 11 is 3.57. The van der Waals surface area contributed by atoms with E-state index in [2.05, 4.69) is 62.6 Å². The number of fused-ring (bicyclic) bond motifs is 1. The molecule has 17 heavy (non-hydrogen) atoms. The molecule has 1 aromatic carbocycles. The van der Waals surface area contributed by atoms with Crippen molar-refractivity contribution in [2.75, 3.05) is 0 Å². The summed E-state index contributed by atoms with van der Waals surface area (Å²) in [6, 6.07) is 14.5. The molecule has 0 bridgehead atoms. The molecule has 3 aromatic rings. The van der Waals surface area contributed by atoms with Crippen LogP contribution in [-0.4, -0.2) is 9.38 Å². The summed E-state index contributed by atoms with van der Waals surface area (Å²) in [5, 5.41) is 0. The highest BCUT2D eigenvalue weighted by Crippen LogP contribution is 2.24. The molecule has 0 radical (unpaired) electrons. The van der Waals surface area contributed by atoms with Crippen molar-refractivity contribution >= 4 is 21.4 Å². The molecule has 0 aliphatic rings. The van der Waals surface area contributed by atoms with E-state index in [0.29, 0.717) is 0 Å². The maximum Gasteiger partial charge on any atom is 0.145 e. The second-order valence-electron chi connectivity index (χ2n) is 4.06. The normalized spacial score (nSPS) is 10.9. The van der Waals surface area contributed by atoms with Crippen molar-refractivity contribution in [3.63, 3.8) is 0 Å². The molecular weight excluding hydrogens is 276 g/mol. The molecule has 84 valence electrons. The van der Waals surface area contributed by atoms with Crippen LogP contribution in [0.4, 0.5) is 0 Å². The molecule has 0 N–H and O–H groups in total. The highest BCUT2D eigenvalue weighted by molar-refractivity contribution is 9.10. The van der Waals surface area contributed by atoms with Crippen molar-refractivity contribution in [2.24, 2.45) is 0 Å². The first-order valence-corrected chi connectivity index (χ1v) is 6.24. The summed E-state index contributed by atoms with van der Waals surface area (Å²) in [5.41, 5.74) is 3.47. The SMILES string of the molecule is Cc1cccc(-c2ncc3cccc(Br)n23)c1. The molecule has 3 rings (SSSR count). The molecule has 0 amide bonds. The van der Waals surface area contributed by atoms with Crippen LogP contribution in [0, 0.1) is 6.92 Å². The number of hydrogen-bond donors (Lipinski definition) is 0. The van der Waals surface area contributed by atoms with E-state index in [1.165, 1.54) is 5.56 Å². The summed E-state index contributed by atoms with van der Waals surface area (Å²) in [6.45, 7) is 2.09. The number of rotatable bonds is 1. The highest BCUT2D eigenvalue weighted by atomic mass is 79.9. The molecule has 0 aliphatic heterocycles. The van der Waals surface area contributed by atoms with E-state index in [0.717, 1.165) is 21.5 Å². The number of imidazole rings is 1. The van der Waals surface area contributed by atoms with Crippen LogP contribution in [0.1, 0.15) is 5.56 Å². The molecule has 2 heterocycles. The fraction of sp³-hybridized carbons (Fsp3) is 0.0714. The minimum atomic E-state index is 0.969. The Morgan fingerprint density at radius 1 is 1.12 bits per heavy atom. The van der Waals surface area contributed by atoms with E-state index in [1.54, 1.807) is 0 Å². The Morgan fingerprint density at radius 3 is 2.76 bits per heavy atom. The molecule has 0 fully saturated rings. The van der Waals surface area contributed by atoms with Gasteiger partial charge in [0.1, 0.15) is 5.82 Å². The van der Waals surface area contributed by atoms with E-state index in [4.69, 9.17) is 0 Å². The van der Waals surface area contributed by atoms with Gasteiger partial charge in [0.15, 0.2) is 0 Å². The van der Waals surface area contributed by atoms with Gasteiger partial charge in [-0.1, -0.05) is 29.8 Å². The van der Waals surface area contributed by atoms with Gasteiger partial charge in [-0.15, -0.1) is 0 Å². The first-order chi connectivity index (χ1) is 8.25. The smallest absolute Gasteiger partial charge is 0.145 e. The van der Waals surface area contributed by atoms with Gasteiger partial charge in [-0.25, -0.2) is 4.98 Å². The second kappa shape index (κ2) is 4.00. The molecule has 0 spiro atoms. The van der Waals surface area contributed by atoms with Gasteiger partial charge in [-0.05, 0) is 41.1 Å². The van der Waals surface area contributed by atoms with Gasteiger partial charge < -0.3 is 0 Å². The molecule has 0 unspecified atom stereocenters. The van der Waals surface area contributed by atoms with Crippen LogP contribution in [-0.2, 0) is 0 Å². The van der Waals surface area contributed by atoms with Gasteiger partial charge in [-0.2, -0.15) is 0 Å². The topological polar surface area (TPSA) is 17.3 Å². The number of halogens is 1. The van der Waals surface area contributed by atoms with Crippen LogP contribution in [0.5, 0.6) is 0 Å². The summed E-state index contributed by atoms with van der Waals surface area (Å²) in [4.78, 5) is 4.50. The van der Waals surface area contributed by atoms with Crippen LogP contribution in [0.2, 0.25) is 0 Å². The fourth-order valence-electron chi connectivity index (χ4n) is 2.00. The Bertz CT molecular complexity index is 686. The molecule has 0 aliphatic carbocycles. The van der Waals surface area contributed by atoms with Gasteiger partial charge in [0.25, 0.3) is 0 Å². The van der Waals surface area contributed by atoms with E-state index < -0.39 is 0 Å². The largest absolute Gasteiger partial charge is 0.287 e. The predicted octanol–water partition coefficient (Wildman–Crippen LogP) is 4.07. The Kier molecular flexibility index (Phi) is 2.48. The molecular formula is C14H11BrN2. The highest BCUT2D eigenvalue weighted by Gasteiger charge is 2.08. The zero-order valence-corrected chi connectivity index (χ0v) is 11.0. The van der Waals surface area contributed by atoms with Crippen molar-refractivity contribution in [1.29, 1.82) is 0 Å². The van der Waals surface area contributed by atoms with Gasteiger partial charge >= 0.3 is 0 Å². The maximum absolute atomic E-state index is 4.50. The zero-order chi connectivity index (χ0) is 11.8. The summed E-state index contributed by atoms with van der Waals surface area (Å²) in [5.74, 6) is 0.969. The van der Waals surface area contributed by atoms with E-state index >= 15 is 0 Å². The van der Waals surface area contributed by atoms with E-state index in [-0.39, 0.29) is 0 Å². The third kappa shape index (κ3) is 1.76. The lowest BCUT2D eigenvalue weighted by molar-refractivity contribution is 1.13. The molecule has 0 atom stereocenters. The van der Waals surface area contributed by atoms with Crippen molar-refractivity contribution in [3.05, 3.63) is 58.8 Å². The Balaban J connectivity index is 2.31. The number of nitrogens with zero attached hydrogens (tertiary/aromatic N) is 2. The van der Waals surface area contributed by atoms with Gasteiger partial charge in [-0.3, -0.25) is 4.40 Å². The van der Waals surface area contributed by atoms with Gasteiger partial charge in [0, 0.05) is 5.56 Å². The van der Waals surface area contributed by atoms with Crippen molar-refractivity contribution < 1.29 is 0 Å². The van der Waals surface area contributed by atoms with Crippen LogP contribution in [0.25, 0.3) is 16.9 Å². The maximum atomic E-state index is 4.50. The third-order valence-electron chi connectivity index (χ3n) is 2.78. The first-order valence-electron chi connectivity index (χ1n) is 5.45. The quantitative estimate of drug-likeness (QED) is 0.617. The van der Waals surface area contributed by atoms with Crippen LogP contribution in [0.15, 0.2) is 53.3 Å². The Labute approximate surface area is 108 Å². The lowest BCUT2D eigenvalue weighted by Crippen LogP contribution is -1.91. The molecule has 0 saturated heterocycles. The monoisotopic (exact) mass is 286 g/mol. The number of hydrogen-bond acceptors (Lipinski definition) is 1. The van der Waals surface area contributed by atoms with Crippen molar-refractivity contribution in [2.45, 2.75) is 6.92 Å². The number of benzene rings is 1. The molecule has 2 nitrogen and oxygen atoms in total. The average molecular weight is 287 g/mol. The Hall–Kier alpha value is -1.61. The van der Waals surface area contributed by atoms with Gasteiger partial charge in [0.2, 0.25) is 0 Å². The average Bonchev–Trinajstić information content (AvgIpc) is 2.74. The summed E-state index contributed by atoms with van der Waals surface area (Å²) in [7, 11) is 0. The first kappa shape index (κ1) is 10.5. The minimum Gasteiger partial charge on any atom is -0.287 e. The van der Waals surface area contributed by atoms with Crippen LogP contribution < -0.4 is 0 Å². The van der Waals surface area contributed by atoms with Crippen LogP contribution in [0.3, 0.4) is 0 Å². The van der Waals surface area contributed by atoms with Gasteiger partial charge in [0.05, 0.1) is 16.3 Å². The predicted molar refractivity (Wildman–Crippen MR) is 73.1 cm³/mol. The zero-order valence-electron chi connectivity index (χ0n) is 9.39. The molecule has 2 aromatic heterocycles. The number of pyridine rings is 1. The fourth-order valence-corrected chi connectivity index (χ4v) is 2.52. The van der Waals surface area contributed by atoms with Crippen LogP contribution >= 0.6 is 15.9 Å². The van der Waals surface area contributed by atoms with E-state index in [9.17, 15) is 0 Å². The molecule has 3 heteroatoms. The number of aryl methyl sites for hydroxylation is 1. The van der Waals surface area contributed by atoms with Crippen molar-refractivity contribution in [3.8, 4) is 11.4 Å². The summed E-state index contributed by atoms with van der Waals surface area (Å²) < 4.78 is 3.12. The lowest BCUT2D eigenvalue weighted by atomic mass is 10.1. The van der Waals surface area contributed by atoms with E-state index in [1.807, 2.05) is 18.3 Å². The number of aromatic nitrogens is 2. The summed E-state index contributed by atoms with van der Waals surface area (Å²) in [6.07, 6.45) is 1.89.